The van der Waals surface area contributed by atoms with Gasteiger partial charge in [-0.3, -0.25) is 4.98 Å². The molecule has 35 heavy (non-hydrogen) atoms. The molecule has 0 amide bonds. The topological polar surface area (TPSA) is 40.6 Å². The van der Waals surface area contributed by atoms with E-state index in [2.05, 4.69) is 58.8 Å². The Kier molecular flexibility index (Phi) is 12.3. The van der Waals surface area contributed by atoms with E-state index >= 15 is 4.39 Å². The third-order valence-electron chi connectivity index (χ3n) is 7.18. The number of nitrogens with zero attached hydrogens (tertiary/aromatic N) is 1. The highest BCUT2D eigenvalue weighted by atomic mass is 28.4. The van der Waals surface area contributed by atoms with Crippen LogP contribution in [0.3, 0.4) is 0 Å². The maximum Gasteiger partial charge on any atom is 0.193 e. The first kappa shape index (κ1) is 29.9. The average Bonchev–Trinajstić information content (AvgIpc) is 2.81. The molecule has 2 heterocycles. The Morgan fingerprint density at radius 1 is 1.29 bits per heavy atom. The van der Waals surface area contributed by atoms with E-state index in [0.717, 1.165) is 45.3 Å². The Labute approximate surface area is 214 Å². The monoisotopic (exact) mass is 505 g/mol. The van der Waals surface area contributed by atoms with Gasteiger partial charge in [0.1, 0.15) is 11.9 Å². The molecule has 1 aliphatic rings. The van der Waals surface area contributed by atoms with Crippen molar-refractivity contribution in [3.8, 4) is 0 Å². The molecule has 1 unspecified atom stereocenters. The summed E-state index contributed by atoms with van der Waals surface area (Å²) >= 11 is 0. The van der Waals surface area contributed by atoms with Crippen molar-refractivity contribution in [1.29, 1.82) is 0 Å². The second-order valence-corrected chi connectivity index (χ2v) is 16.3. The van der Waals surface area contributed by atoms with Crippen LogP contribution in [0, 0.1) is 5.92 Å². The standard InChI is InChI=1S/C29H48FNO3Si/c1-23(13-12-14-24(2)22-33-28-16-9-11-20-32-28)17-18-27(34-35(6,7)29(3,4)5)26(30)21-25-15-8-10-19-31-25/h8,10,15,17,19,21,24,27-28H,9,11-14,16,18,20,22H2,1-7H3/t24-,27-,28?/m0/s1. The van der Waals surface area contributed by atoms with Gasteiger partial charge in [-0.15, -0.1) is 0 Å². The van der Waals surface area contributed by atoms with Crippen molar-refractivity contribution in [1.82, 2.24) is 4.98 Å². The zero-order valence-corrected chi connectivity index (χ0v) is 24.1. The second-order valence-electron chi connectivity index (χ2n) is 11.6. The predicted octanol–water partition coefficient (Wildman–Crippen LogP) is 8.47. The third-order valence-corrected chi connectivity index (χ3v) is 11.7. The van der Waals surface area contributed by atoms with Crippen LogP contribution in [0.1, 0.15) is 85.3 Å². The predicted molar refractivity (Wildman–Crippen MR) is 146 cm³/mol. The van der Waals surface area contributed by atoms with E-state index in [0.29, 0.717) is 18.0 Å². The van der Waals surface area contributed by atoms with Gasteiger partial charge in [0.05, 0.1) is 12.3 Å². The smallest absolute Gasteiger partial charge is 0.193 e. The summed E-state index contributed by atoms with van der Waals surface area (Å²) in [6, 6.07) is 5.52. The maximum atomic E-state index is 15.4. The minimum Gasteiger partial charge on any atom is -0.407 e. The van der Waals surface area contributed by atoms with Crippen molar-refractivity contribution in [2.45, 2.75) is 110 Å². The highest BCUT2D eigenvalue weighted by Crippen LogP contribution is 2.39. The summed E-state index contributed by atoms with van der Waals surface area (Å²) in [6.45, 7) is 16.8. The molecule has 2 rings (SSSR count). The van der Waals surface area contributed by atoms with Crippen LogP contribution in [0.15, 0.2) is 41.9 Å². The quantitative estimate of drug-likeness (QED) is 0.199. The van der Waals surface area contributed by atoms with Crippen molar-refractivity contribution in [2.24, 2.45) is 5.92 Å². The lowest BCUT2D eigenvalue weighted by Crippen LogP contribution is -2.44. The molecule has 0 spiro atoms. The van der Waals surface area contributed by atoms with Gasteiger partial charge >= 0.3 is 0 Å². The van der Waals surface area contributed by atoms with Crippen LogP contribution >= 0.6 is 0 Å². The average molecular weight is 506 g/mol. The van der Waals surface area contributed by atoms with Gasteiger partial charge in [-0.25, -0.2) is 4.39 Å². The lowest BCUT2D eigenvalue weighted by molar-refractivity contribution is -0.168. The summed E-state index contributed by atoms with van der Waals surface area (Å²) in [6.07, 6.45) is 11.8. The largest absolute Gasteiger partial charge is 0.407 e. The van der Waals surface area contributed by atoms with Crippen LogP contribution in [0.25, 0.3) is 6.08 Å². The number of halogens is 1. The first-order chi connectivity index (χ1) is 16.5. The summed E-state index contributed by atoms with van der Waals surface area (Å²) < 4.78 is 33.5. The highest BCUT2D eigenvalue weighted by Gasteiger charge is 2.39. The number of hydrogen-bond acceptors (Lipinski definition) is 4. The Morgan fingerprint density at radius 2 is 2.06 bits per heavy atom. The van der Waals surface area contributed by atoms with Crippen LogP contribution in [0.2, 0.25) is 18.1 Å². The van der Waals surface area contributed by atoms with Crippen molar-refractivity contribution in [3.63, 3.8) is 0 Å². The third kappa shape index (κ3) is 11.1. The molecule has 0 saturated carbocycles. The van der Waals surface area contributed by atoms with E-state index in [1.165, 1.54) is 18.1 Å². The van der Waals surface area contributed by atoms with E-state index < -0.39 is 14.4 Å². The van der Waals surface area contributed by atoms with Gasteiger partial charge in [-0.2, -0.15) is 0 Å². The second kappa shape index (κ2) is 14.4. The summed E-state index contributed by atoms with van der Waals surface area (Å²) in [4.78, 5) is 4.25. The lowest BCUT2D eigenvalue weighted by Gasteiger charge is -2.38. The van der Waals surface area contributed by atoms with E-state index in [-0.39, 0.29) is 17.2 Å². The Morgan fingerprint density at radius 3 is 2.69 bits per heavy atom. The fourth-order valence-corrected chi connectivity index (χ4v) is 5.06. The molecule has 1 aromatic rings. The number of ether oxygens (including phenoxy) is 2. The minimum atomic E-state index is -2.14. The molecule has 1 aliphatic heterocycles. The Balaban J connectivity index is 1.91. The molecule has 1 saturated heterocycles. The molecule has 198 valence electrons. The molecule has 6 heteroatoms. The number of allylic oxidation sites excluding steroid dienone is 1. The van der Waals surface area contributed by atoms with Crippen molar-refractivity contribution in [3.05, 3.63) is 47.6 Å². The van der Waals surface area contributed by atoms with E-state index in [9.17, 15) is 0 Å². The molecule has 0 radical (unpaired) electrons. The van der Waals surface area contributed by atoms with E-state index in [1.807, 2.05) is 18.2 Å². The zero-order valence-electron chi connectivity index (χ0n) is 23.1. The SMILES string of the molecule is CC(=CC[C@H](O[Si](C)(C)C(C)(C)C)C(F)=Cc1ccccn1)CCC[C@H](C)COC1CCCCO1. The minimum absolute atomic E-state index is 0.0101. The number of aromatic nitrogens is 1. The molecule has 4 nitrogen and oxygen atoms in total. The fraction of sp³-hybridized carbons (Fsp3) is 0.690. The van der Waals surface area contributed by atoms with E-state index in [4.69, 9.17) is 13.9 Å². The van der Waals surface area contributed by atoms with Crippen molar-refractivity contribution < 1.29 is 18.3 Å². The molecule has 0 aliphatic carbocycles. The number of pyridine rings is 1. The van der Waals surface area contributed by atoms with Crippen molar-refractivity contribution in [2.75, 3.05) is 13.2 Å². The van der Waals surface area contributed by atoms with Crippen molar-refractivity contribution >= 4 is 14.4 Å². The normalized spacial score (nSPS) is 20.1. The summed E-state index contributed by atoms with van der Waals surface area (Å²) in [5, 5.41) is 0.0101. The Bertz CT molecular complexity index is 798. The van der Waals surface area contributed by atoms with Gasteiger partial charge in [0, 0.05) is 12.8 Å². The van der Waals surface area contributed by atoms with Crippen LogP contribution in [-0.2, 0) is 13.9 Å². The maximum absolute atomic E-state index is 15.4. The van der Waals surface area contributed by atoms with Gasteiger partial charge in [0.25, 0.3) is 0 Å². The summed E-state index contributed by atoms with van der Waals surface area (Å²) in [5.74, 6) is 0.245. The zero-order chi connectivity index (χ0) is 25.9. The van der Waals surface area contributed by atoms with Crippen LogP contribution in [0.5, 0.6) is 0 Å². The van der Waals surface area contributed by atoms with Gasteiger partial charge < -0.3 is 13.9 Å². The molecular formula is C29H48FNO3Si. The highest BCUT2D eigenvalue weighted by molar-refractivity contribution is 6.74. The molecule has 0 aromatic carbocycles. The summed E-state index contributed by atoms with van der Waals surface area (Å²) in [7, 11) is -2.14. The van der Waals surface area contributed by atoms with Gasteiger partial charge in [0.15, 0.2) is 14.6 Å². The fourth-order valence-electron chi connectivity index (χ4n) is 3.78. The molecule has 1 fully saturated rings. The molecule has 0 N–H and O–H groups in total. The molecule has 0 bridgehead atoms. The number of rotatable bonds is 13. The van der Waals surface area contributed by atoms with Gasteiger partial charge in [-0.1, -0.05) is 45.4 Å². The van der Waals surface area contributed by atoms with E-state index in [1.54, 1.807) is 6.20 Å². The van der Waals surface area contributed by atoms with Crippen LogP contribution < -0.4 is 0 Å². The van der Waals surface area contributed by atoms with Gasteiger partial charge in [-0.05, 0) is 94.1 Å². The lowest BCUT2D eigenvalue weighted by atomic mass is 10.0. The first-order valence-electron chi connectivity index (χ1n) is 13.3. The molecule has 3 atom stereocenters. The van der Waals surface area contributed by atoms with Crippen LogP contribution in [0.4, 0.5) is 4.39 Å². The van der Waals surface area contributed by atoms with Crippen LogP contribution in [-0.4, -0.2) is 38.9 Å². The first-order valence-corrected chi connectivity index (χ1v) is 16.2. The molecule has 1 aromatic heterocycles. The van der Waals surface area contributed by atoms with Gasteiger partial charge in [0.2, 0.25) is 0 Å². The molecular weight excluding hydrogens is 457 g/mol. The summed E-state index contributed by atoms with van der Waals surface area (Å²) in [5.41, 5.74) is 1.90. The Hall–Kier alpha value is -1.34. The number of hydrogen-bond donors (Lipinski definition) is 0.